The lowest BCUT2D eigenvalue weighted by atomic mass is 9.68. The van der Waals surface area contributed by atoms with E-state index in [2.05, 4.69) is 37.3 Å². The average Bonchev–Trinajstić information content (AvgIpc) is 3.40. The number of nitrogens with zero attached hydrogens (tertiary/aromatic N) is 4. The molecule has 0 saturated heterocycles. The molecule has 3 aromatic rings. The Morgan fingerprint density at radius 2 is 2.02 bits per heavy atom. The molecule has 0 radical (unpaired) electrons. The maximum Gasteiger partial charge on any atom is 0.286 e. The van der Waals surface area contributed by atoms with Crippen molar-refractivity contribution in [3.05, 3.63) is 82.0 Å². The van der Waals surface area contributed by atoms with Gasteiger partial charge in [-0.2, -0.15) is 0 Å². The fourth-order valence-corrected chi connectivity index (χ4v) is 9.85. The molecule has 2 aliphatic carbocycles. The summed E-state index contributed by atoms with van der Waals surface area (Å²) in [6.07, 6.45) is 11.7. The number of hydrogen-bond donors (Lipinski definition) is 1. The molecule has 13 heteroatoms. The first-order chi connectivity index (χ1) is 24.1. The van der Waals surface area contributed by atoms with Gasteiger partial charge in [0.1, 0.15) is 21.2 Å². The third-order valence-corrected chi connectivity index (χ3v) is 12.8. The molecule has 4 aliphatic rings. The van der Waals surface area contributed by atoms with Crippen LogP contribution in [0.1, 0.15) is 70.4 Å². The second-order valence-electron chi connectivity index (χ2n) is 14.0. The van der Waals surface area contributed by atoms with Gasteiger partial charge in [0.25, 0.3) is 11.8 Å². The van der Waals surface area contributed by atoms with Gasteiger partial charge in [0.15, 0.2) is 0 Å². The molecule has 2 aromatic carbocycles. The Morgan fingerprint density at radius 1 is 1.16 bits per heavy atom. The minimum atomic E-state index is -3.54. The van der Waals surface area contributed by atoms with Crippen molar-refractivity contribution in [2.75, 3.05) is 44.6 Å². The number of allylic oxidation sites excluding steroid dienone is 1. The second kappa shape index (κ2) is 14.0. The normalized spacial score (nSPS) is 28.6. The molecule has 1 fully saturated rings. The lowest BCUT2D eigenvalue weighted by molar-refractivity contribution is 0.0132. The first kappa shape index (κ1) is 34.6. The number of amides is 2. The van der Waals surface area contributed by atoms with Crippen LogP contribution in [0.25, 0.3) is 0 Å². The van der Waals surface area contributed by atoms with Crippen LogP contribution in [0, 0.1) is 11.8 Å². The van der Waals surface area contributed by atoms with Crippen LogP contribution in [-0.2, 0) is 33.5 Å². The Kier molecular flexibility index (Phi) is 9.71. The number of rotatable bonds is 4. The lowest BCUT2D eigenvalue weighted by Gasteiger charge is -2.46. The molecule has 7 rings (SSSR count). The highest BCUT2D eigenvalue weighted by atomic mass is 35.5. The van der Waals surface area contributed by atoms with E-state index in [0.29, 0.717) is 43.6 Å². The first-order valence-corrected chi connectivity index (χ1v) is 19.4. The van der Waals surface area contributed by atoms with Crippen molar-refractivity contribution in [3.8, 4) is 11.6 Å². The number of carbonyl (C=O) groups excluding carboxylic acids is 2. The van der Waals surface area contributed by atoms with E-state index in [9.17, 15) is 13.8 Å². The summed E-state index contributed by atoms with van der Waals surface area (Å²) in [5.74, 6) is 0.126. The Morgan fingerprint density at radius 3 is 2.80 bits per heavy atom. The van der Waals surface area contributed by atoms with E-state index in [0.717, 1.165) is 49.4 Å². The molecule has 2 aliphatic heterocycles. The molecule has 5 atom stereocenters. The van der Waals surface area contributed by atoms with E-state index < -0.39 is 21.7 Å². The number of hydrogen-bond acceptors (Lipinski definition) is 8. The maximum atomic E-state index is 14.4. The first-order valence-electron chi connectivity index (χ1n) is 17.3. The molecule has 1 aromatic heterocycles. The fourth-order valence-electron chi connectivity index (χ4n) is 8.09. The molecular formula is C37H44ClN5O6S. The summed E-state index contributed by atoms with van der Waals surface area (Å²) in [6.45, 7) is 1.98. The van der Waals surface area contributed by atoms with Gasteiger partial charge in [-0.05, 0) is 98.2 Å². The fraction of sp³-hybridized carbons (Fsp3) is 0.486. The number of ether oxygens (including phenoxy) is 3. The topological polar surface area (TPSA) is 124 Å². The highest BCUT2D eigenvalue weighted by molar-refractivity contribution is 7.92. The molecule has 1 N–H and O–H groups in total. The highest BCUT2D eigenvalue weighted by Crippen LogP contribution is 2.47. The van der Waals surface area contributed by atoms with Crippen molar-refractivity contribution in [2.24, 2.45) is 23.2 Å². The Balaban J connectivity index is 1.29. The molecule has 266 valence electrons. The van der Waals surface area contributed by atoms with Gasteiger partial charge >= 0.3 is 0 Å². The summed E-state index contributed by atoms with van der Waals surface area (Å²) in [7, 11) is 1.26. The van der Waals surface area contributed by atoms with Gasteiger partial charge in [-0.15, -0.1) is 9.46 Å². The van der Waals surface area contributed by atoms with Crippen molar-refractivity contribution in [1.82, 2.24) is 14.5 Å². The minimum absolute atomic E-state index is 0.0206. The van der Waals surface area contributed by atoms with Crippen molar-refractivity contribution < 1.29 is 28.0 Å². The number of benzene rings is 2. The average molecular weight is 722 g/mol. The maximum absolute atomic E-state index is 14.4. The van der Waals surface area contributed by atoms with Crippen molar-refractivity contribution in [1.29, 1.82) is 0 Å². The van der Waals surface area contributed by atoms with Crippen molar-refractivity contribution >= 4 is 39.0 Å². The number of methoxy groups -OCH3 is 2. The van der Waals surface area contributed by atoms with E-state index >= 15 is 0 Å². The summed E-state index contributed by atoms with van der Waals surface area (Å²) in [4.78, 5) is 29.7. The summed E-state index contributed by atoms with van der Waals surface area (Å²) in [5.41, 5.74) is 3.44. The van der Waals surface area contributed by atoms with Gasteiger partial charge < -0.3 is 19.1 Å². The lowest BCUT2D eigenvalue weighted by Crippen LogP contribution is -2.49. The van der Waals surface area contributed by atoms with Crippen molar-refractivity contribution in [2.45, 2.75) is 56.5 Å². The Bertz CT molecular complexity index is 1950. The second-order valence-corrected chi connectivity index (χ2v) is 16.5. The van der Waals surface area contributed by atoms with Gasteiger partial charge in [-0.25, -0.2) is 4.21 Å². The van der Waals surface area contributed by atoms with E-state index in [1.807, 2.05) is 24.3 Å². The van der Waals surface area contributed by atoms with E-state index in [4.69, 9.17) is 25.8 Å². The number of fused-ring (bicyclic) bond motifs is 4. The summed E-state index contributed by atoms with van der Waals surface area (Å²) < 4.78 is 40.5. The van der Waals surface area contributed by atoms with Gasteiger partial charge in [0.2, 0.25) is 5.88 Å². The van der Waals surface area contributed by atoms with Crippen molar-refractivity contribution in [3.63, 3.8) is 0 Å². The number of anilines is 1. The Hall–Kier alpha value is -3.87. The molecule has 2 bridgehead atoms. The third-order valence-electron chi connectivity index (χ3n) is 10.7. The van der Waals surface area contributed by atoms with E-state index in [-0.39, 0.29) is 34.3 Å². The predicted octanol–water partition coefficient (Wildman–Crippen LogP) is 5.90. The van der Waals surface area contributed by atoms with Gasteiger partial charge in [0, 0.05) is 49.4 Å². The summed E-state index contributed by atoms with van der Waals surface area (Å²) >= 11 is 6.45. The number of aryl methyl sites for hydroxylation is 2. The van der Waals surface area contributed by atoms with E-state index in [1.165, 1.54) is 29.1 Å². The highest BCUT2D eigenvalue weighted by Gasteiger charge is 2.44. The van der Waals surface area contributed by atoms with E-state index in [1.54, 1.807) is 20.2 Å². The van der Waals surface area contributed by atoms with Crippen LogP contribution in [0.5, 0.6) is 11.6 Å². The van der Waals surface area contributed by atoms with Crippen LogP contribution in [0.15, 0.2) is 59.1 Å². The quantitative estimate of drug-likeness (QED) is 0.331. The molecule has 11 nitrogen and oxygen atoms in total. The predicted molar refractivity (Wildman–Crippen MR) is 193 cm³/mol. The molecule has 3 heterocycles. The van der Waals surface area contributed by atoms with Crippen LogP contribution in [0.2, 0.25) is 5.02 Å². The molecule has 2 amide bonds. The number of halogens is 1. The van der Waals surface area contributed by atoms with Crippen LogP contribution in [0.4, 0.5) is 5.69 Å². The van der Waals surface area contributed by atoms with Crippen LogP contribution in [-0.4, -0.2) is 71.6 Å². The monoisotopic (exact) mass is 721 g/mol. The van der Waals surface area contributed by atoms with Crippen LogP contribution < -0.4 is 19.1 Å². The largest absolute Gasteiger partial charge is 0.490 e. The smallest absolute Gasteiger partial charge is 0.286 e. The SMILES string of the molecule is COc1nn(C)cc1C(=O)NS1(=O)=NC(=O)c2ccc3c(c2)N(C[C@@H]2CC[C@H]2[C@@H](OC)/C=C\CCC1)C[C@@]1(CCCc2cc(Cl)ccc21)CO3. The molecule has 1 unspecified atom stereocenters. The Labute approximate surface area is 298 Å². The number of aromatic nitrogens is 2. The third kappa shape index (κ3) is 6.77. The summed E-state index contributed by atoms with van der Waals surface area (Å²) in [6, 6.07) is 11.5. The molecule has 50 heavy (non-hydrogen) atoms. The van der Waals surface area contributed by atoms with Gasteiger partial charge in [0.05, 0.1) is 31.3 Å². The zero-order valence-electron chi connectivity index (χ0n) is 28.7. The molecular weight excluding hydrogens is 678 g/mol. The molecule has 1 saturated carbocycles. The van der Waals surface area contributed by atoms with Crippen LogP contribution in [0.3, 0.4) is 0 Å². The zero-order valence-corrected chi connectivity index (χ0v) is 30.3. The number of nitrogens with one attached hydrogen (secondary N) is 1. The minimum Gasteiger partial charge on any atom is -0.490 e. The zero-order chi connectivity index (χ0) is 35.0. The molecule has 1 spiro atoms. The van der Waals surface area contributed by atoms with Crippen LogP contribution >= 0.6 is 11.6 Å². The van der Waals surface area contributed by atoms with Gasteiger partial charge in [-0.3, -0.25) is 19.0 Å². The summed E-state index contributed by atoms with van der Waals surface area (Å²) in [5, 5.41) is 4.87. The number of carbonyl (C=O) groups is 2. The van der Waals surface area contributed by atoms with Gasteiger partial charge in [-0.1, -0.05) is 29.8 Å². The standard InChI is InChI=1S/C37H44ClN5O6S/c1-42-21-29(36(39-42)48-3)35(45)41-50(46)17-6-4-5-9-32(47-2)28-13-10-26(28)20-43-22-37(16-7-8-24-18-27(38)12-14-30(24)37)23-49-33-15-11-25(19-31(33)43)34(44)40-50/h5,9,11-12,14-15,18-19,21,26,28,32H,4,6-8,10,13,16-17,20,22-23H2,1-3H3,(H,40,41,44,45,46)/b9-5-/t26-,28+,32-,37-,50?/m0/s1.